The maximum absolute atomic E-state index is 13.1. The zero-order valence-electron chi connectivity index (χ0n) is 23.6. The van der Waals surface area contributed by atoms with Crippen LogP contribution in [0.1, 0.15) is 23.7 Å². The van der Waals surface area contributed by atoms with E-state index in [1.54, 1.807) is 30.7 Å². The molecular formula is C29H31F3N6O3S2. The molecule has 1 amide bonds. The van der Waals surface area contributed by atoms with Crippen molar-refractivity contribution in [2.45, 2.75) is 32.2 Å². The summed E-state index contributed by atoms with van der Waals surface area (Å²) in [6.07, 6.45) is 2.99. The van der Waals surface area contributed by atoms with Gasteiger partial charge in [-0.1, -0.05) is 23.5 Å². The van der Waals surface area contributed by atoms with Gasteiger partial charge in [-0.3, -0.25) is 14.7 Å². The van der Waals surface area contributed by atoms with Crippen LogP contribution in [0, 0.1) is 0 Å². The molecule has 0 radical (unpaired) electrons. The highest BCUT2D eigenvalue weighted by atomic mass is 32.1. The Morgan fingerprint density at radius 3 is 2.70 bits per heavy atom. The highest BCUT2D eigenvalue weighted by Crippen LogP contribution is 2.39. The van der Waals surface area contributed by atoms with E-state index in [9.17, 15) is 18.0 Å². The molecule has 0 saturated heterocycles. The number of carbonyl (C=O) groups is 1. The smallest absolute Gasteiger partial charge is 0.416 e. The van der Waals surface area contributed by atoms with Crippen molar-refractivity contribution in [1.29, 1.82) is 0 Å². The lowest BCUT2D eigenvalue weighted by Crippen LogP contribution is -2.46. The number of hydrogen-bond donors (Lipinski definition) is 1. The summed E-state index contributed by atoms with van der Waals surface area (Å²) in [7, 11) is 1.58. The van der Waals surface area contributed by atoms with Gasteiger partial charge in [-0.2, -0.15) is 13.2 Å². The normalized spacial score (nSPS) is 14.2. The molecule has 5 rings (SSSR count). The summed E-state index contributed by atoms with van der Waals surface area (Å²) in [5.41, 5.74) is 1.53. The van der Waals surface area contributed by atoms with Crippen molar-refractivity contribution in [1.82, 2.24) is 25.2 Å². The Balaban J connectivity index is 1.39. The number of nitrogens with zero attached hydrogens (tertiary/aromatic N) is 5. The second-order valence-electron chi connectivity index (χ2n) is 9.94. The lowest BCUT2D eigenvalue weighted by atomic mass is 10.0. The predicted octanol–water partition coefficient (Wildman–Crippen LogP) is 5.34. The van der Waals surface area contributed by atoms with Crippen LogP contribution in [0.5, 0.6) is 0 Å². The van der Waals surface area contributed by atoms with Crippen molar-refractivity contribution in [2.75, 3.05) is 44.8 Å². The number of rotatable bonds is 12. The molecule has 0 unspecified atom stereocenters. The fraction of sp³-hybridized carbons (Fsp3) is 0.379. The molecule has 3 aromatic heterocycles. The van der Waals surface area contributed by atoms with Crippen molar-refractivity contribution < 1.29 is 27.4 Å². The predicted molar refractivity (Wildman–Crippen MR) is 161 cm³/mol. The first-order valence-corrected chi connectivity index (χ1v) is 15.2. The van der Waals surface area contributed by atoms with E-state index in [2.05, 4.69) is 15.2 Å². The molecule has 9 nitrogen and oxygen atoms in total. The summed E-state index contributed by atoms with van der Waals surface area (Å²) in [5, 5.41) is 4.78. The number of anilines is 1. The number of alkyl halides is 3. The van der Waals surface area contributed by atoms with Gasteiger partial charge in [0.15, 0.2) is 5.13 Å². The lowest BCUT2D eigenvalue weighted by molar-refractivity contribution is -0.137. The number of thiazole rings is 2. The minimum atomic E-state index is -4.41. The van der Waals surface area contributed by atoms with Crippen LogP contribution in [-0.4, -0.2) is 71.7 Å². The van der Waals surface area contributed by atoms with Gasteiger partial charge in [0, 0.05) is 58.3 Å². The van der Waals surface area contributed by atoms with E-state index in [4.69, 9.17) is 19.4 Å². The summed E-state index contributed by atoms with van der Waals surface area (Å²) in [6.45, 7) is 4.64. The monoisotopic (exact) mass is 632 g/mol. The number of nitrogens with one attached hydrogen (secondary N) is 1. The molecule has 0 saturated carbocycles. The molecule has 1 atom stereocenters. The Labute approximate surface area is 255 Å². The van der Waals surface area contributed by atoms with Gasteiger partial charge in [-0.05, 0) is 30.2 Å². The molecule has 1 aromatic carbocycles. The fourth-order valence-corrected chi connectivity index (χ4v) is 6.80. The quantitative estimate of drug-likeness (QED) is 0.224. The minimum Gasteiger partial charge on any atom is -0.498 e. The first-order valence-electron chi connectivity index (χ1n) is 13.6. The van der Waals surface area contributed by atoms with Gasteiger partial charge < -0.3 is 19.7 Å². The molecule has 0 fully saturated rings. The average Bonchev–Trinajstić information content (AvgIpc) is 3.60. The highest BCUT2D eigenvalue weighted by Gasteiger charge is 2.30. The molecule has 14 heteroatoms. The third kappa shape index (κ3) is 7.88. The van der Waals surface area contributed by atoms with Gasteiger partial charge in [0.1, 0.15) is 11.6 Å². The summed E-state index contributed by atoms with van der Waals surface area (Å²) in [4.78, 5) is 31.3. The zero-order valence-corrected chi connectivity index (χ0v) is 25.3. The van der Waals surface area contributed by atoms with Crippen molar-refractivity contribution in [3.05, 3.63) is 72.0 Å². The number of benzene rings is 1. The summed E-state index contributed by atoms with van der Waals surface area (Å²) in [6, 6.07) is 6.73. The van der Waals surface area contributed by atoms with Crippen LogP contribution < -0.4 is 10.2 Å². The van der Waals surface area contributed by atoms with Crippen LogP contribution in [-0.2, 0) is 33.5 Å². The summed E-state index contributed by atoms with van der Waals surface area (Å²) < 4.78 is 51.1. The number of aromatic nitrogens is 3. The minimum absolute atomic E-state index is 0.201. The van der Waals surface area contributed by atoms with E-state index in [1.807, 2.05) is 12.3 Å². The van der Waals surface area contributed by atoms with E-state index in [-0.39, 0.29) is 25.1 Å². The molecule has 43 heavy (non-hydrogen) atoms. The van der Waals surface area contributed by atoms with E-state index < -0.39 is 11.7 Å². The molecule has 0 spiro atoms. The van der Waals surface area contributed by atoms with Gasteiger partial charge >= 0.3 is 6.18 Å². The standard InChI is InChI=1S/C29H31F3N6O3S2/c1-19(39)38(28-36-24(18-40-2)26(43-28)27-35-23-7-8-33-16-25(23)42-27)17-22(34-9-10-37-11-13-41-14-12-37)15-20-3-5-21(6-4-20)29(30,31)32/h3-8,11,13,16,22,34H,9-10,12,14-15,17-18H2,1-2H3/t22-/m0/s1. The Kier molecular flexibility index (Phi) is 9.90. The van der Waals surface area contributed by atoms with Crippen LogP contribution >= 0.6 is 22.7 Å². The topological polar surface area (TPSA) is 92.7 Å². The summed E-state index contributed by atoms with van der Waals surface area (Å²) >= 11 is 2.85. The van der Waals surface area contributed by atoms with E-state index in [0.29, 0.717) is 36.9 Å². The molecule has 4 heterocycles. The van der Waals surface area contributed by atoms with Crippen molar-refractivity contribution in [3.63, 3.8) is 0 Å². The largest absolute Gasteiger partial charge is 0.498 e. The van der Waals surface area contributed by atoms with Gasteiger partial charge in [0.05, 0.1) is 45.8 Å². The Bertz CT molecular complexity index is 1520. The van der Waals surface area contributed by atoms with Crippen molar-refractivity contribution in [3.8, 4) is 9.88 Å². The third-order valence-corrected chi connectivity index (χ3v) is 9.11. The number of carbonyl (C=O) groups excluding carboxylic acids is 1. The second-order valence-corrected chi connectivity index (χ2v) is 11.9. The van der Waals surface area contributed by atoms with Crippen LogP contribution in [0.2, 0.25) is 0 Å². The van der Waals surface area contributed by atoms with E-state index in [0.717, 1.165) is 44.3 Å². The van der Waals surface area contributed by atoms with E-state index >= 15 is 0 Å². The highest BCUT2D eigenvalue weighted by molar-refractivity contribution is 7.26. The number of fused-ring (bicyclic) bond motifs is 1. The van der Waals surface area contributed by atoms with Crippen LogP contribution in [0.3, 0.4) is 0 Å². The average molecular weight is 633 g/mol. The van der Waals surface area contributed by atoms with Gasteiger partial charge in [0.2, 0.25) is 5.91 Å². The van der Waals surface area contributed by atoms with Crippen LogP contribution in [0.25, 0.3) is 20.1 Å². The lowest BCUT2D eigenvalue weighted by Gasteiger charge is -2.28. The Morgan fingerprint density at radius 1 is 1.21 bits per heavy atom. The van der Waals surface area contributed by atoms with Gasteiger partial charge in [-0.25, -0.2) is 9.97 Å². The first-order chi connectivity index (χ1) is 20.7. The molecule has 228 valence electrons. The molecule has 4 aromatic rings. The number of ether oxygens (including phenoxy) is 2. The molecule has 1 N–H and O–H groups in total. The van der Waals surface area contributed by atoms with E-state index in [1.165, 1.54) is 41.7 Å². The van der Waals surface area contributed by atoms with Crippen molar-refractivity contribution in [2.24, 2.45) is 0 Å². The maximum Gasteiger partial charge on any atom is 0.416 e. The second kappa shape index (κ2) is 13.8. The van der Waals surface area contributed by atoms with Crippen LogP contribution in [0.15, 0.2) is 55.2 Å². The van der Waals surface area contributed by atoms with Gasteiger partial charge in [-0.15, -0.1) is 11.3 Å². The Morgan fingerprint density at radius 2 is 2.02 bits per heavy atom. The third-order valence-electron chi connectivity index (χ3n) is 6.83. The molecule has 0 aliphatic carbocycles. The van der Waals surface area contributed by atoms with Gasteiger partial charge in [0.25, 0.3) is 0 Å². The number of pyridine rings is 1. The number of methoxy groups -OCH3 is 1. The number of hydrogen-bond acceptors (Lipinski definition) is 10. The number of amides is 1. The Hall–Kier alpha value is -3.59. The first kappa shape index (κ1) is 30.9. The fourth-order valence-electron chi connectivity index (χ4n) is 4.65. The molecule has 1 aliphatic rings. The zero-order chi connectivity index (χ0) is 30.4. The molecule has 0 bridgehead atoms. The van der Waals surface area contributed by atoms with Crippen molar-refractivity contribution >= 4 is 43.9 Å². The molecular weight excluding hydrogens is 601 g/mol. The SMILES string of the molecule is COCc1nc(N(C[C@H](Cc2ccc(C(F)(F)F)cc2)NCCN2C=COCC2)C(C)=O)sc1-c1nc2ccncc2s1. The maximum atomic E-state index is 13.1. The number of halogens is 3. The molecule has 1 aliphatic heterocycles. The summed E-state index contributed by atoms with van der Waals surface area (Å²) in [5.74, 6) is -0.201. The van der Waals surface area contributed by atoms with Crippen LogP contribution in [0.4, 0.5) is 18.3 Å².